The molecule has 0 heterocycles. The molecule has 0 saturated carbocycles. The van der Waals surface area contributed by atoms with Crippen molar-refractivity contribution in [3.8, 4) is 0 Å². The lowest BCUT2D eigenvalue weighted by atomic mass is 10.1. The van der Waals surface area contributed by atoms with Gasteiger partial charge in [0.2, 0.25) is 0 Å². The fraction of sp³-hybridized carbons (Fsp3) is 0.467. The molecule has 1 aromatic carbocycles. The fourth-order valence-electron chi connectivity index (χ4n) is 1.40. The minimum Gasteiger partial charge on any atom is -0.462 e. The number of rotatable bonds is 7. The van der Waals surface area contributed by atoms with Crippen LogP contribution in [-0.2, 0) is 14.2 Å². The highest BCUT2D eigenvalue weighted by molar-refractivity contribution is 5.95. The number of carbonyl (C=O) groups is 2. The zero-order valence-electron chi connectivity index (χ0n) is 12.0. The van der Waals surface area contributed by atoms with Gasteiger partial charge in [0, 0.05) is 7.11 Å². The minimum absolute atomic E-state index is 0.178. The van der Waals surface area contributed by atoms with Crippen molar-refractivity contribution in [1.82, 2.24) is 0 Å². The summed E-state index contributed by atoms with van der Waals surface area (Å²) in [6, 6.07) is 6.29. The second-order valence-electron chi connectivity index (χ2n) is 4.70. The molecule has 0 aliphatic carbocycles. The monoisotopic (exact) mass is 280 g/mol. The van der Waals surface area contributed by atoms with E-state index >= 15 is 0 Å². The van der Waals surface area contributed by atoms with Gasteiger partial charge in [-0.15, -0.1) is 0 Å². The third kappa shape index (κ3) is 5.40. The average Bonchev–Trinajstić information content (AvgIpc) is 2.45. The second-order valence-corrected chi connectivity index (χ2v) is 4.70. The van der Waals surface area contributed by atoms with Gasteiger partial charge in [-0.1, -0.05) is 19.9 Å². The van der Waals surface area contributed by atoms with Crippen LogP contribution < -0.4 is 0 Å². The van der Waals surface area contributed by atoms with Crippen LogP contribution in [0.25, 0.3) is 0 Å². The number of methoxy groups -OCH3 is 1. The maximum atomic E-state index is 11.8. The summed E-state index contributed by atoms with van der Waals surface area (Å²) in [5, 5.41) is 0. The molecule has 0 spiro atoms. The number of carbonyl (C=O) groups excluding carboxylic acids is 2. The topological polar surface area (TPSA) is 61.8 Å². The van der Waals surface area contributed by atoms with Crippen molar-refractivity contribution in [2.75, 3.05) is 26.9 Å². The van der Waals surface area contributed by atoms with Crippen molar-refractivity contribution in [3.05, 3.63) is 35.4 Å². The van der Waals surface area contributed by atoms with Crippen molar-refractivity contribution >= 4 is 11.9 Å². The van der Waals surface area contributed by atoms with E-state index in [4.69, 9.17) is 14.2 Å². The summed E-state index contributed by atoms with van der Waals surface area (Å²) in [6.07, 6.45) is 0. The Morgan fingerprint density at radius 1 is 1.05 bits per heavy atom. The Labute approximate surface area is 118 Å². The van der Waals surface area contributed by atoms with Crippen LogP contribution in [-0.4, -0.2) is 38.9 Å². The molecular weight excluding hydrogens is 260 g/mol. The van der Waals surface area contributed by atoms with Gasteiger partial charge in [0.05, 0.1) is 24.3 Å². The molecule has 0 radical (unpaired) electrons. The Bertz CT molecular complexity index is 453. The van der Waals surface area contributed by atoms with Gasteiger partial charge in [0.15, 0.2) is 0 Å². The normalized spacial score (nSPS) is 10.4. The standard InChI is InChI=1S/C15H20O5/c1-11(2)10-20-15(17)13-6-4-5-12(9-13)14(16)19-8-7-18-3/h4-6,9,11H,7-8,10H2,1-3H3. The van der Waals surface area contributed by atoms with Crippen LogP contribution in [0, 0.1) is 5.92 Å². The SMILES string of the molecule is COCCOC(=O)c1cccc(C(=O)OCC(C)C)c1. The molecule has 0 saturated heterocycles. The first kappa shape index (κ1) is 16.2. The molecule has 0 aliphatic heterocycles. The van der Waals surface area contributed by atoms with E-state index in [9.17, 15) is 9.59 Å². The number of esters is 2. The van der Waals surface area contributed by atoms with Gasteiger partial charge < -0.3 is 14.2 Å². The number of ether oxygens (including phenoxy) is 3. The van der Waals surface area contributed by atoms with Gasteiger partial charge in [-0.25, -0.2) is 9.59 Å². The van der Waals surface area contributed by atoms with Crippen molar-refractivity contribution in [2.24, 2.45) is 5.92 Å². The Balaban J connectivity index is 2.65. The number of benzene rings is 1. The van der Waals surface area contributed by atoms with Gasteiger partial charge in [-0.05, 0) is 24.1 Å². The lowest BCUT2D eigenvalue weighted by molar-refractivity contribution is 0.0388. The Morgan fingerprint density at radius 2 is 1.65 bits per heavy atom. The van der Waals surface area contributed by atoms with Crippen LogP contribution in [0.15, 0.2) is 24.3 Å². The number of hydrogen-bond acceptors (Lipinski definition) is 5. The van der Waals surface area contributed by atoms with Gasteiger partial charge in [-0.2, -0.15) is 0 Å². The third-order valence-electron chi connectivity index (χ3n) is 2.40. The van der Waals surface area contributed by atoms with Crippen LogP contribution in [0.1, 0.15) is 34.6 Å². The van der Waals surface area contributed by atoms with Gasteiger partial charge in [0.1, 0.15) is 6.61 Å². The van der Waals surface area contributed by atoms with E-state index in [0.717, 1.165) is 0 Å². The van der Waals surface area contributed by atoms with E-state index < -0.39 is 11.9 Å². The number of hydrogen-bond donors (Lipinski definition) is 0. The lowest BCUT2D eigenvalue weighted by Crippen LogP contribution is -2.13. The third-order valence-corrected chi connectivity index (χ3v) is 2.40. The summed E-state index contributed by atoms with van der Waals surface area (Å²) < 4.78 is 14.9. The zero-order valence-corrected chi connectivity index (χ0v) is 12.0. The summed E-state index contributed by atoms with van der Waals surface area (Å²) >= 11 is 0. The molecule has 0 aliphatic rings. The van der Waals surface area contributed by atoms with E-state index in [1.807, 2.05) is 13.8 Å². The molecule has 1 aromatic rings. The fourth-order valence-corrected chi connectivity index (χ4v) is 1.40. The maximum Gasteiger partial charge on any atom is 0.338 e. The second kappa shape index (κ2) is 8.32. The van der Waals surface area contributed by atoms with Crippen LogP contribution >= 0.6 is 0 Å². The quantitative estimate of drug-likeness (QED) is 0.566. The first-order valence-corrected chi connectivity index (χ1v) is 6.48. The lowest BCUT2D eigenvalue weighted by Gasteiger charge is -2.08. The molecule has 5 heteroatoms. The smallest absolute Gasteiger partial charge is 0.338 e. The summed E-state index contributed by atoms with van der Waals surface area (Å²) in [4.78, 5) is 23.5. The molecule has 0 amide bonds. The highest BCUT2D eigenvalue weighted by Gasteiger charge is 2.12. The van der Waals surface area contributed by atoms with Crippen molar-refractivity contribution in [1.29, 1.82) is 0 Å². The largest absolute Gasteiger partial charge is 0.462 e. The van der Waals surface area contributed by atoms with Crippen LogP contribution in [0.3, 0.4) is 0 Å². The molecule has 5 nitrogen and oxygen atoms in total. The first-order valence-electron chi connectivity index (χ1n) is 6.48. The highest BCUT2D eigenvalue weighted by Crippen LogP contribution is 2.09. The van der Waals surface area contributed by atoms with Crippen LogP contribution in [0.4, 0.5) is 0 Å². The molecule has 1 rings (SSSR count). The molecule has 0 fully saturated rings. The maximum absolute atomic E-state index is 11.8. The van der Waals surface area contributed by atoms with E-state index in [-0.39, 0.29) is 12.5 Å². The molecule has 0 bridgehead atoms. The van der Waals surface area contributed by atoms with Crippen molar-refractivity contribution in [2.45, 2.75) is 13.8 Å². The molecule has 0 N–H and O–H groups in total. The highest BCUT2D eigenvalue weighted by atomic mass is 16.6. The van der Waals surface area contributed by atoms with E-state index in [1.165, 1.54) is 13.2 Å². The first-order chi connectivity index (χ1) is 9.54. The Morgan fingerprint density at radius 3 is 2.20 bits per heavy atom. The minimum atomic E-state index is -0.486. The summed E-state index contributed by atoms with van der Waals surface area (Å²) in [5.41, 5.74) is 0.659. The molecule has 110 valence electrons. The van der Waals surface area contributed by atoms with E-state index in [1.54, 1.807) is 18.2 Å². The van der Waals surface area contributed by atoms with Gasteiger partial charge >= 0.3 is 11.9 Å². The molecular formula is C15H20O5. The summed E-state index contributed by atoms with van der Waals surface area (Å²) in [5.74, 6) is -0.660. The molecule has 0 atom stereocenters. The van der Waals surface area contributed by atoms with E-state index in [2.05, 4.69) is 0 Å². The average molecular weight is 280 g/mol. The Hall–Kier alpha value is -1.88. The Kier molecular flexibility index (Phi) is 6.73. The zero-order chi connectivity index (χ0) is 15.0. The van der Waals surface area contributed by atoms with Crippen LogP contribution in [0.2, 0.25) is 0 Å². The predicted molar refractivity (Wildman–Crippen MR) is 73.7 cm³/mol. The summed E-state index contributed by atoms with van der Waals surface area (Å²) in [7, 11) is 1.53. The molecule has 20 heavy (non-hydrogen) atoms. The van der Waals surface area contributed by atoms with Gasteiger partial charge in [-0.3, -0.25) is 0 Å². The van der Waals surface area contributed by atoms with Gasteiger partial charge in [0.25, 0.3) is 0 Å². The van der Waals surface area contributed by atoms with Crippen LogP contribution in [0.5, 0.6) is 0 Å². The molecule has 0 aromatic heterocycles. The van der Waals surface area contributed by atoms with E-state index in [0.29, 0.717) is 24.3 Å². The molecule has 0 unspecified atom stereocenters. The predicted octanol–water partition coefficient (Wildman–Crippen LogP) is 2.30. The summed E-state index contributed by atoms with van der Waals surface area (Å²) in [6.45, 7) is 4.77. The van der Waals surface area contributed by atoms with Crippen molar-refractivity contribution in [3.63, 3.8) is 0 Å². The van der Waals surface area contributed by atoms with Crippen molar-refractivity contribution < 1.29 is 23.8 Å².